The summed E-state index contributed by atoms with van der Waals surface area (Å²) in [7, 11) is -5.42. The maximum Gasteiger partial charge on any atom is 0.337 e. The number of pyridine rings is 1. The Morgan fingerprint density at radius 1 is 1.09 bits per heavy atom. The van der Waals surface area contributed by atoms with E-state index in [0.29, 0.717) is 16.3 Å². The lowest BCUT2D eigenvalue weighted by Gasteiger charge is -2.04. The van der Waals surface area contributed by atoms with Gasteiger partial charge >= 0.3 is 5.97 Å². The highest BCUT2D eigenvalue weighted by Gasteiger charge is 2.21. The standard InChI is InChI=1S/C14H9NO3.FHO3S/c16-11-7-3-6-10-13(11)12(14(17)18)8-4-1-2-5-9(8)15-10;1-5(2,3)4/h1-7,16H,(H,17,18);(H,2,3,4). The number of phenolic OH excluding ortho intramolecular Hbond substituents is 1. The minimum absolute atomic E-state index is 0.0353. The lowest BCUT2D eigenvalue weighted by atomic mass is 10.0. The number of fused-ring (bicyclic) bond motifs is 2. The molecule has 2 aromatic carbocycles. The number of carbonyl (C=O) groups is 1. The normalized spacial score (nSPS) is 11.0. The number of H-pyrrole nitrogens is 1. The van der Waals surface area contributed by atoms with Crippen LogP contribution in [0.4, 0.5) is 3.89 Å². The van der Waals surface area contributed by atoms with Crippen LogP contribution >= 0.6 is 0 Å². The van der Waals surface area contributed by atoms with Gasteiger partial charge in [0.05, 0.1) is 10.9 Å². The molecule has 23 heavy (non-hydrogen) atoms. The van der Waals surface area contributed by atoms with E-state index in [1.165, 1.54) is 6.07 Å². The van der Waals surface area contributed by atoms with E-state index in [1.807, 2.05) is 12.1 Å². The van der Waals surface area contributed by atoms with Crippen molar-refractivity contribution in [3.63, 3.8) is 0 Å². The van der Waals surface area contributed by atoms with Gasteiger partial charge in [-0.15, -0.1) is 3.89 Å². The Bertz CT molecular complexity index is 995. The number of carboxylic acid groups (broad SMARTS) is 1. The maximum absolute atomic E-state index is 11.5. The number of para-hydroxylation sites is 1. The fraction of sp³-hybridized carbons (Fsp3) is 0. The van der Waals surface area contributed by atoms with E-state index in [-0.39, 0.29) is 11.3 Å². The zero-order valence-electron chi connectivity index (χ0n) is 11.4. The number of carboxylic acids is 1. The summed E-state index contributed by atoms with van der Waals surface area (Å²) < 4.78 is 35.3. The molecule has 3 aromatic rings. The second-order valence-corrected chi connectivity index (χ2v) is 5.23. The molecule has 0 aliphatic carbocycles. The molecule has 120 valence electrons. The van der Waals surface area contributed by atoms with Gasteiger partial charge in [-0.2, -0.15) is 0 Å². The van der Waals surface area contributed by atoms with Crippen molar-refractivity contribution in [3.8, 4) is 5.75 Å². The van der Waals surface area contributed by atoms with Crippen LogP contribution in [0.2, 0.25) is 0 Å². The first-order valence-electron chi connectivity index (χ1n) is 6.13. The van der Waals surface area contributed by atoms with E-state index in [2.05, 4.69) is 4.98 Å². The van der Waals surface area contributed by atoms with E-state index in [9.17, 15) is 18.9 Å². The topological polar surface area (TPSA) is 129 Å². The Labute approximate surface area is 129 Å². The van der Waals surface area contributed by atoms with Crippen molar-refractivity contribution in [1.82, 2.24) is 0 Å². The minimum Gasteiger partial charge on any atom is -0.722 e. The molecule has 1 heterocycles. The molecule has 0 saturated heterocycles. The zero-order chi connectivity index (χ0) is 17.2. The fourth-order valence-corrected chi connectivity index (χ4v) is 2.22. The van der Waals surface area contributed by atoms with Crippen molar-refractivity contribution in [3.05, 3.63) is 48.0 Å². The second kappa shape index (κ2) is 6.15. The number of phenols is 1. The zero-order valence-corrected chi connectivity index (χ0v) is 12.2. The highest BCUT2D eigenvalue weighted by molar-refractivity contribution is 7.80. The van der Waals surface area contributed by atoms with E-state index >= 15 is 0 Å². The molecule has 0 spiro atoms. The molecule has 0 atom stereocenters. The van der Waals surface area contributed by atoms with Crippen LogP contribution in [-0.4, -0.2) is 29.2 Å². The van der Waals surface area contributed by atoms with Crippen LogP contribution in [0.15, 0.2) is 42.5 Å². The first-order chi connectivity index (χ1) is 10.7. The van der Waals surface area contributed by atoms with Gasteiger partial charge < -0.3 is 14.8 Å². The average molecular weight is 339 g/mol. The Morgan fingerprint density at radius 2 is 1.65 bits per heavy atom. The molecule has 0 radical (unpaired) electrons. The summed E-state index contributed by atoms with van der Waals surface area (Å²) in [5.41, 5.74) is 1.46. The van der Waals surface area contributed by atoms with Crippen LogP contribution in [-0.2, 0) is 10.5 Å². The van der Waals surface area contributed by atoms with E-state index in [4.69, 9.17) is 13.0 Å². The lowest BCUT2D eigenvalue weighted by molar-refractivity contribution is -0.310. The smallest absolute Gasteiger partial charge is 0.337 e. The third-order valence-corrected chi connectivity index (χ3v) is 2.97. The van der Waals surface area contributed by atoms with Gasteiger partial charge in [0.25, 0.3) is 10.5 Å². The molecule has 0 amide bonds. The fourth-order valence-electron chi connectivity index (χ4n) is 2.22. The quantitative estimate of drug-likeness (QED) is 0.394. The first-order valence-corrected chi connectivity index (χ1v) is 7.44. The van der Waals surface area contributed by atoms with Gasteiger partial charge in [0.2, 0.25) is 11.0 Å². The van der Waals surface area contributed by atoms with Crippen LogP contribution < -0.4 is 4.98 Å². The summed E-state index contributed by atoms with van der Waals surface area (Å²) in [6.45, 7) is 0. The average Bonchev–Trinajstić information content (AvgIpc) is 2.43. The van der Waals surface area contributed by atoms with Gasteiger partial charge in [0.15, 0.2) is 0 Å². The van der Waals surface area contributed by atoms with Crippen LogP contribution in [0, 0.1) is 0 Å². The van der Waals surface area contributed by atoms with Crippen LogP contribution in [0.3, 0.4) is 0 Å². The van der Waals surface area contributed by atoms with Crippen LogP contribution in [0.1, 0.15) is 10.4 Å². The molecule has 3 N–H and O–H groups in total. The monoisotopic (exact) mass is 339 g/mol. The molecule has 0 bridgehead atoms. The van der Waals surface area contributed by atoms with Gasteiger partial charge in [-0.05, 0) is 12.1 Å². The summed E-state index contributed by atoms with van der Waals surface area (Å²) in [6, 6.07) is 12.0. The third kappa shape index (κ3) is 3.90. The molecule has 0 unspecified atom stereocenters. The summed E-state index contributed by atoms with van der Waals surface area (Å²) in [6.07, 6.45) is 0. The van der Waals surface area contributed by atoms with Crippen LogP contribution in [0.25, 0.3) is 21.8 Å². The predicted molar refractivity (Wildman–Crippen MR) is 77.4 cm³/mol. The third-order valence-electron chi connectivity index (χ3n) is 2.97. The Morgan fingerprint density at radius 3 is 2.26 bits per heavy atom. The molecule has 7 nitrogen and oxygen atoms in total. The van der Waals surface area contributed by atoms with Crippen molar-refractivity contribution in [1.29, 1.82) is 0 Å². The van der Waals surface area contributed by atoms with Gasteiger partial charge in [-0.25, -0.2) is 18.2 Å². The SMILES string of the molecule is O=C(O)c1c2ccccc2[nH+]c2cccc(O)c12.O=S(=O)([O-])F. The maximum atomic E-state index is 11.5. The highest BCUT2D eigenvalue weighted by atomic mass is 32.3. The highest BCUT2D eigenvalue weighted by Crippen LogP contribution is 2.29. The Hall–Kier alpha value is -2.78. The lowest BCUT2D eigenvalue weighted by Crippen LogP contribution is -2.10. The number of hydrogen-bond acceptors (Lipinski definition) is 5. The number of rotatable bonds is 1. The number of benzene rings is 2. The van der Waals surface area contributed by atoms with Crippen molar-refractivity contribution < 1.29 is 36.8 Å². The van der Waals surface area contributed by atoms with Crippen molar-refractivity contribution in [2.75, 3.05) is 0 Å². The number of aromatic nitrogens is 1. The van der Waals surface area contributed by atoms with E-state index in [1.54, 1.807) is 24.3 Å². The number of nitrogens with one attached hydrogen (secondary N) is 1. The van der Waals surface area contributed by atoms with Crippen molar-refractivity contribution in [2.45, 2.75) is 0 Å². The molecule has 0 aliphatic rings. The summed E-state index contributed by atoms with van der Waals surface area (Å²) in [5, 5.41) is 20.2. The van der Waals surface area contributed by atoms with E-state index < -0.39 is 16.5 Å². The van der Waals surface area contributed by atoms with Crippen molar-refractivity contribution in [2.24, 2.45) is 0 Å². The predicted octanol–water partition coefficient (Wildman–Crippen LogP) is 1.63. The molecular formula is C14H10FNO6S. The minimum atomic E-state index is -5.42. The molecule has 0 saturated carbocycles. The number of hydrogen-bond donors (Lipinski definition) is 2. The number of halogens is 1. The van der Waals surface area contributed by atoms with Gasteiger partial charge in [0.1, 0.15) is 11.1 Å². The summed E-state index contributed by atoms with van der Waals surface area (Å²) >= 11 is 0. The molecular weight excluding hydrogens is 329 g/mol. The Kier molecular flexibility index (Phi) is 4.43. The first kappa shape index (κ1) is 16.6. The van der Waals surface area contributed by atoms with Crippen LogP contribution in [0.5, 0.6) is 5.75 Å². The Balaban J connectivity index is 0.000000338. The van der Waals surface area contributed by atoms with Gasteiger partial charge in [-0.1, -0.05) is 18.2 Å². The number of aromatic amines is 1. The summed E-state index contributed by atoms with van der Waals surface area (Å²) in [5.74, 6) is -1.08. The molecule has 1 aromatic heterocycles. The van der Waals surface area contributed by atoms with Gasteiger partial charge in [-0.3, -0.25) is 0 Å². The second-order valence-electron chi connectivity index (χ2n) is 4.44. The van der Waals surface area contributed by atoms with E-state index in [0.717, 1.165) is 5.52 Å². The molecule has 9 heteroatoms. The largest absolute Gasteiger partial charge is 0.722 e. The summed E-state index contributed by atoms with van der Waals surface area (Å²) in [4.78, 5) is 14.6. The number of aromatic hydroxyl groups is 1. The molecule has 3 rings (SSSR count). The molecule has 0 fully saturated rings. The molecule has 0 aliphatic heterocycles. The van der Waals surface area contributed by atoms with Gasteiger partial charge in [0, 0.05) is 12.1 Å². The number of aromatic carboxylic acids is 1. The van der Waals surface area contributed by atoms with Crippen molar-refractivity contribution >= 4 is 38.3 Å².